The maximum absolute atomic E-state index is 12.3. The molecule has 0 saturated carbocycles. The molecule has 9 heteroatoms. The van der Waals surface area contributed by atoms with Crippen LogP contribution in [0.3, 0.4) is 0 Å². The molecule has 0 aromatic carbocycles. The molecule has 0 fully saturated rings. The Morgan fingerprint density at radius 1 is 1.41 bits per heavy atom. The van der Waals surface area contributed by atoms with Crippen LogP contribution in [0.25, 0.3) is 0 Å². The third kappa shape index (κ3) is 4.31. The number of sulfonamides is 1. The zero-order valence-electron chi connectivity index (χ0n) is 12.8. The average molecular weight is 331 g/mol. The number of nitrogens with zero attached hydrogens (tertiary/aromatic N) is 1. The average Bonchev–Trinajstić information content (AvgIpc) is 2.85. The lowest BCUT2D eigenvalue weighted by Crippen LogP contribution is -2.40. The van der Waals surface area contributed by atoms with E-state index in [-0.39, 0.29) is 17.0 Å². The van der Waals surface area contributed by atoms with Gasteiger partial charge < -0.3 is 15.0 Å². The predicted molar refractivity (Wildman–Crippen MR) is 80.1 cm³/mol. The van der Waals surface area contributed by atoms with Gasteiger partial charge in [-0.15, -0.1) is 0 Å². The summed E-state index contributed by atoms with van der Waals surface area (Å²) in [5, 5.41) is 11.5. The van der Waals surface area contributed by atoms with E-state index < -0.39 is 27.9 Å². The Bertz CT molecular complexity index is 651. The zero-order chi connectivity index (χ0) is 16.9. The minimum atomic E-state index is -4.01. The fraction of sp³-hybridized carbons (Fsp3) is 0.538. The van der Waals surface area contributed by atoms with Crippen molar-refractivity contribution in [1.29, 1.82) is 0 Å². The van der Waals surface area contributed by atoms with Crippen molar-refractivity contribution in [3.63, 3.8) is 0 Å². The molecule has 0 unspecified atom stereocenters. The van der Waals surface area contributed by atoms with Crippen molar-refractivity contribution in [2.75, 3.05) is 7.05 Å². The summed E-state index contributed by atoms with van der Waals surface area (Å²) in [6.07, 6.45) is 2.83. The van der Waals surface area contributed by atoms with E-state index in [0.29, 0.717) is 6.42 Å². The van der Waals surface area contributed by atoms with Crippen LogP contribution < -0.4 is 10.0 Å². The third-order valence-electron chi connectivity index (χ3n) is 3.19. The van der Waals surface area contributed by atoms with E-state index in [2.05, 4.69) is 10.0 Å². The van der Waals surface area contributed by atoms with E-state index >= 15 is 0 Å². The zero-order valence-corrected chi connectivity index (χ0v) is 13.6. The van der Waals surface area contributed by atoms with Crippen LogP contribution in [0.5, 0.6) is 0 Å². The molecule has 1 rings (SSSR count). The van der Waals surface area contributed by atoms with Gasteiger partial charge in [0, 0.05) is 20.3 Å². The first-order valence-electron chi connectivity index (χ1n) is 6.86. The van der Waals surface area contributed by atoms with Crippen LogP contribution in [0.1, 0.15) is 36.7 Å². The van der Waals surface area contributed by atoms with Crippen molar-refractivity contribution >= 4 is 21.9 Å². The first-order valence-corrected chi connectivity index (χ1v) is 8.34. The number of carbonyl (C=O) groups excluding carboxylic acids is 1. The first kappa shape index (κ1) is 18.2. The van der Waals surface area contributed by atoms with Crippen LogP contribution in [0.2, 0.25) is 0 Å². The highest BCUT2D eigenvalue weighted by atomic mass is 32.2. The number of aliphatic carboxylic acids is 1. The lowest BCUT2D eigenvalue weighted by Gasteiger charge is -2.13. The molecule has 0 aliphatic carbocycles. The highest BCUT2D eigenvalue weighted by molar-refractivity contribution is 7.89. The summed E-state index contributed by atoms with van der Waals surface area (Å²) in [6, 6.07) is 0.0218. The maximum Gasteiger partial charge on any atom is 0.321 e. The van der Waals surface area contributed by atoms with Crippen LogP contribution in [0, 0.1) is 0 Å². The Morgan fingerprint density at radius 2 is 2.05 bits per heavy atom. The largest absolute Gasteiger partial charge is 0.480 e. The van der Waals surface area contributed by atoms with Crippen LogP contribution in [-0.2, 0) is 21.9 Å². The summed E-state index contributed by atoms with van der Waals surface area (Å²) >= 11 is 0. The topological polar surface area (TPSA) is 117 Å². The molecule has 1 aromatic rings. The number of hydrogen-bond donors (Lipinski definition) is 3. The number of rotatable bonds is 8. The molecule has 1 heterocycles. The lowest BCUT2D eigenvalue weighted by atomic mass is 10.1. The van der Waals surface area contributed by atoms with Gasteiger partial charge in [-0.3, -0.25) is 9.59 Å². The number of hydrogen-bond acceptors (Lipinski definition) is 4. The molecule has 124 valence electrons. The summed E-state index contributed by atoms with van der Waals surface area (Å²) in [6.45, 7) is 1.89. The predicted octanol–water partition coefficient (Wildman–Crippen LogP) is 0.306. The van der Waals surface area contributed by atoms with Gasteiger partial charge in [0.25, 0.3) is 5.91 Å². The molecule has 8 nitrogen and oxygen atoms in total. The van der Waals surface area contributed by atoms with Gasteiger partial charge in [0.15, 0.2) is 0 Å². The van der Waals surface area contributed by atoms with Crippen molar-refractivity contribution in [3.8, 4) is 0 Å². The molecule has 0 radical (unpaired) electrons. The number of carboxylic acids is 1. The normalized spacial score (nSPS) is 12.9. The SMILES string of the molecule is CCCC[C@H](NS(=O)(=O)c1cc(C(=O)NC)n(C)c1)C(=O)O. The van der Waals surface area contributed by atoms with Crippen molar-refractivity contribution in [2.24, 2.45) is 7.05 Å². The van der Waals surface area contributed by atoms with Gasteiger partial charge in [0.2, 0.25) is 10.0 Å². The Labute approximate surface area is 129 Å². The molecule has 3 N–H and O–H groups in total. The smallest absolute Gasteiger partial charge is 0.321 e. The number of carboxylic acid groups (broad SMARTS) is 1. The number of amides is 1. The van der Waals surface area contributed by atoms with E-state index in [4.69, 9.17) is 5.11 Å². The highest BCUT2D eigenvalue weighted by Crippen LogP contribution is 2.15. The Balaban J connectivity index is 3.03. The van der Waals surface area contributed by atoms with E-state index in [1.807, 2.05) is 6.92 Å². The van der Waals surface area contributed by atoms with Gasteiger partial charge in [0.1, 0.15) is 16.6 Å². The van der Waals surface area contributed by atoms with Crippen molar-refractivity contribution < 1.29 is 23.1 Å². The number of aromatic nitrogens is 1. The maximum atomic E-state index is 12.3. The lowest BCUT2D eigenvalue weighted by molar-refractivity contribution is -0.139. The van der Waals surface area contributed by atoms with Gasteiger partial charge >= 0.3 is 5.97 Å². The summed E-state index contributed by atoms with van der Waals surface area (Å²) in [5.41, 5.74) is 0.170. The van der Waals surface area contributed by atoms with E-state index in [1.54, 1.807) is 0 Å². The number of aryl methyl sites for hydroxylation is 1. The quantitative estimate of drug-likeness (QED) is 0.633. The molecule has 1 aromatic heterocycles. The standard InChI is InChI=1S/C13H21N3O5S/c1-4-5-6-10(13(18)19)15-22(20,21)9-7-11(12(17)14-2)16(3)8-9/h7-8,10,15H,4-6H2,1-3H3,(H,14,17)(H,18,19)/t10-/m0/s1. The molecule has 1 atom stereocenters. The molecule has 0 aliphatic heterocycles. The summed E-state index contributed by atoms with van der Waals surface area (Å²) in [7, 11) is -1.04. The molecule has 0 spiro atoms. The number of nitrogens with one attached hydrogen (secondary N) is 2. The second-order valence-electron chi connectivity index (χ2n) is 4.91. The molecule has 0 saturated heterocycles. The summed E-state index contributed by atoms with van der Waals surface area (Å²) in [5.74, 6) is -1.65. The minimum absolute atomic E-state index is 0.142. The minimum Gasteiger partial charge on any atom is -0.480 e. The second kappa shape index (κ2) is 7.41. The second-order valence-corrected chi connectivity index (χ2v) is 6.62. The monoisotopic (exact) mass is 331 g/mol. The van der Waals surface area contributed by atoms with Gasteiger partial charge in [-0.2, -0.15) is 4.72 Å². The number of unbranched alkanes of at least 4 members (excludes halogenated alkanes) is 1. The third-order valence-corrected chi connectivity index (χ3v) is 4.63. The van der Waals surface area contributed by atoms with Crippen molar-refractivity contribution in [1.82, 2.24) is 14.6 Å². The van der Waals surface area contributed by atoms with Gasteiger partial charge in [-0.25, -0.2) is 8.42 Å². The van der Waals surface area contributed by atoms with E-state index in [1.165, 1.54) is 30.9 Å². The Kier molecular flexibility index (Phi) is 6.12. The van der Waals surface area contributed by atoms with Crippen molar-refractivity contribution in [3.05, 3.63) is 18.0 Å². The van der Waals surface area contributed by atoms with Gasteiger partial charge in [-0.1, -0.05) is 19.8 Å². The van der Waals surface area contributed by atoms with Crippen molar-refractivity contribution in [2.45, 2.75) is 37.1 Å². The molecule has 1 amide bonds. The van der Waals surface area contributed by atoms with Crippen LogP contribution in [-0.4, -0.2) is 43.1 Å². The molecular weight excluding hydrogens is 310 g/mol. The van der Waals surface area contributed by atoms with E-state index in [0.717, 1.165) is 6.42 Å². The van der Waals surface area contributed by atoms with Gasteiger partial charge in [0.05, 0.1) is 0 Å². The highest BCUT2D eigenvalue weighted by Gasteiger charge is 2.26. The Hall–Kier alpha value is -1.87. The van der Waals surface area contributed by atoms with Crippen LogP contribution in [0.15, 0.2) is 17.2 Å². The number of carbonyl (C=O) groups is 2. The van der Waals surface area contributed by atoms with Crippen LogP contribution in [0.4, 0.5) is 0 Å². The fourth-order valence-electron chi connectivity index (χ4n) is 1.93. The van der Waals surface area contributed by atoms with Crippen LogP contribution >= 0.6 is 0 Å². The molecule has 0 bridgehead atoms. The molecule has 22 heavy (non-hydrogen) atoms. The molecule has 0 aliphatic rings. The van der Waals surface area contributed by atoms with Gasteiger partial charge in [-0.05, 0) is 12.5 Å². The first-order chi connectivity index (χ1) is 10.2. The summed E-state index contributed by atoms with van der Waals surface area (Å²) < 4.78 is 28.1. The van der Waals surface area contributed by atoms with E-state index in [9.17, 15) is 18.0 Å². The summed E-state index contributed by atoms with van der Waals surface area (Å²) in [4.78, 5) is 22.6. The Morgan fingerprint density at radius 3 is 2.55 bits per heavy atom. The fourth-order valence-corrected chi connectivity index (χ4v) is 3.22. The molecular formula is C13H21N3O5S.